The molecule has 0 amide bonds. The minimum atomic E-state index is -0.761. The van der Waals surface area contributed by atoms with E-state index in [1.807, 2.05) is 0 Å². The molecule has 65 heavy (non-hydrogen) atoms. The molecule has 0 spiro atoms. The van der Waals surface area contributed by atoms with E-state index in [1.54, 1.807) is 0 Å². The molecule has 0 heterocycles. The van der Waals surface area contributed by atoms with Gasteiger partial charge in [0.15, 0.2) is 6.10 Å². The second-order valence-corrected chi connectivity index (χ2v) is 20.8. The summed E-state index contributed by atoms with van der Waals surface area (Å²) in [6, 6.07) is 0. The standard InChI is InChI=1S/C59H114O6/c1-5-7-9-11-13-15-17-18-19-20-21-26-29-32-36-40-44-48-52-59(62)65-56(53-63-57(60)50-46-42-38-34-16-14-12-10-8-6-2)54-64-58(61)51-47-43-39-35-31-28-25-23-22-24-27-30-33-37-41-45-49-55(3)4/h55-56H,5-54H2,1-4H3/t56-/m0/s1. The third-order valence-electron chi connectivity index (χ3n) is 13.5. The van der Waals surface area contributed by atoms with Crippen LogP contribution in [0.25, 0.3) is 0 Å². The first-order valence-electron chi connectivity index (χ1n) is 29.4. The molecule has 0 aromatic carbocycles. The van der Waals surface area contributed by atoms with Gasteiger partial charge < -0.3 is 14.2 Å². The molecule has 0 saturated heterocycles. The van der Waals surface area contributed by atoms with Crippen LogP contribution in [0.1, 0.15) is 336 Å². The van der Waals surface area contributed by atoms with E-state index in [0.29, 0.717) is 19.3 Å². The molecule has 0 aromatic rings. The summed E-state index contributed by atoms with van der Waals surface area (Å²) in [6.07, 6.45) is 58.1. The predicted octanol–water partition coefficient (Wildman–Crippen LogP) is 19.4. The Kier molecular flexibility index (Phi) is 52.1. The normalized spacial score (nSPS) is 12.0. The van der Waals surface area contributed by atoms with Crippen molar-refractivity contribution >= 4 is 17.9 Å². The third-order valence-corrected chi connectivity index (χ3v) is 13.5. The van der Waals surface area contributed by atoms with Crippen molar-refractivity contribution in [3.05, 3.63) is 0 Å². The lowest BCUT2D eigenvalue weighted by atomic mass is 10.0. The van der Waals surface area contributed by atoms with E-state index in [1.165, 1.54) is 231 Å². The van der Waals surface area contributed by atoms with E-state index < -0.39 is 6.10 Å². The Labute approximate surface area is 406 Å². The van der Waals surface area contributed by atoms with Crippen LogP contribution in [-0.2, 0) is 28.6 Å². The SMILES string of the molecule is CCCCCCCCCCCCCCCCCCCCC(=O)O[C@@H](COC(=O)CCCCCCCCCCCC)COC(=O)CCCCCCCCCCCCCCCCCCC(C)C. The van der Waals surface area contributed by atoms with Crippen molar-refractivity contribution in [1.29, 1.82) is 0 Å². The Morgan fingerprint density at radius 2 is 0.508 bits per heavy atom. The van der Waals surface area contributed by atoms with Gasteiger partial charge in [-0.15, -0.1) is 0 Å². The lowest BCUT2D eigenvalue weighted by Crippen LogP contribution is -2.30. The Morgan fingerprint density at radius 3 is 0.754 bits per heavy atom. The van der Waals surface area contributed by atoms with E-state index in [4.69, 9.17) is 14.2 Å². The van der Waals surface area contributed by atoms with Crippen molar-refractivity contribution < 1.29 is 28.6 Å². The fourth-order valence-electron chi connectivity index (χ4n) is 9.10. The summed E-state index contributed by atoms with van der Waals surface area (Å²) >= 11 is 0. The number of carbonyl (C=O) groups is 3. The topological polar surface area (TPSA) is 78.9 Å². The first kappa shape index (κ1) is 63.4. The maximum absolute atomic E-state index is 12.8. The Morgan fingerprint density at radius 1 is 0.292 bits per heavy atom. The molecule has 0 bridgehead atoms. The first-order chi connectivity index (χ1) is 31.9. The van der Waals surface area contributed by atoms with Gasteiger partial charge in [-0.2, -0.15) is 0 Å². The predicted molar refractivity (Wildman–Crippen MR) is 280 cm³/mol. The number of unbranched alkanes of at least 4 members (excludes halogenated alkanes) is 41. The second kappa shape index (κ2) is 53.4. The zero-order valence-electron chi connectivity index (χ0n) is 44.5. The highest BCUT2D eigenvalue weighted by atomic mass is 16.6. The molecule has 0 aliphatic heterocycles. The van der Waals surface area contributed by atoms with Crippen LogP contribution in [0.5, 0.6) is 0 Å². The second-order valence-electron chi connectivity index (χ2n) is 20.8. The highest BCUT2D eigenvalue weighted by Gasteiger charge is 2.19. The number of ether oxygens (including phenoxy) is 3. The molecule has 0 fully saturated rings. The van der Waals surface area contributed by atoms with Crippen LogP contribution < -0.4 is 0 Å². The molecule has 0 aromatic heterocycles. The van der Waals surface area contributed by atoms with Crippen LogP contribution in [0.15, 0.2) is 0 Å². The molecular weight excluding hydrogens is 805 g/mol. The van der Waals surface area contributed by atoms with Crippen molar-refractivity contribution in [3.63, 3.8) is 0 Å². The highest BCUT2D eigenvalue weighted by molar-refractivity contribution is 5.71. The fourth-order valence-corrected chi connectivity index (χ4v) is 9.10. The molecule has 0 aliphatic rings. The van der Waals surface area contributed by atoms with Gasteiger partial charge in [0.1, 0.15) is 13.2 Å². The van der Waals surface area contributed by atoms with Crippen molar-refractivity contribution in [1.82, 2.24) is 0 Å². The minimum Gasteiger partial charge on any atom is -0.462 e. The number of hydrogen-bond donors (Lipinski definition) is 0. The fraction of sp³-hybridized carbons (Fsp3) is 0.949. The van der Waals surface area contributed by atoms with E-state index in [9.17, 15) is 14.4 Å². The zero-order chi connectivity index (χ0) is 47.4. The molecular formula is C59H114O6. The molecule has 6 nitrogen and oxygen atoms in total. The lowest BCUT2D eigenvalue weighted by Gasteiger charge is -2.18. The summed E-state index contributed by atoms with van der Waals surface area (Å²) in [7, 11) is 0. The summed E-state index contributed by atoms with van der Waals surface area (Å²) < 4.78 is 16.9. The maximum Gasteiger partial charge on any atom is 0.306 e. The zero-order valence-corrected chi connectivity index (χ0v) is 44.5. The van der Waals surface area contributed by atoms with Crippen molar-refractivity contribution in [2.75, 3.05) is 13.2 Å². The summed E-state index contributed by atoms with van der Waals surface area (Å²) in [5.41, 5.74) is 0. The number of carbonyl (C=O) groups excluding carboxylic acids is 3. The van der Waals surface area contributed by atoms with Gasteiger partial charge in [0, 0.05) is 19.3 Å². The van der Waals surface area contributed by atoms with Gasteiger partial charge >= 0.3 is 17.9 Å². The van der Waals surface area contributed by atoms with Crippen LogP contribution >= 0.6 is 0 Å². The molecule has 0 N–H and O–H groups in total. The molecule has 386 valence electrons. The van der Waals surface area contributed by atoms with Crippen LogP contribution in [0.4, 0.5) is 0 Å². The smallest absolute Gasteiger partial charge is 0.306 e. The number of rotatable bonds is 54. The summed E-state index contributed by atoms with van der Waals surface area (Å²) in [4.78, 5) is 38.1. The van der Waals surface area contributed by atoms with Gasteiger partial charge in [-0.25, -0.2) is 0 Å². The quantitative estimate of drug-likeness (QED) is 0.0344. The van der Waals surface area contributed by atoms with E-state index >= 15 is 0 Å². The number of hydrogen-bond acceptors (Lipinski definition) is 6. The van der Waals surface area contributed by atoms with Crippen LogP contribution in [-0.4, -0.2) is 37.2 Å². The molecule has 0 radical (unpaired) electrons. The first-order valence-corrected chi connectivity index (χ1v) is 29.4. The summed E-state index contributed by atoms with van der Waals surface area (Å²) in [6.45, 7) is 9.06. The van der Waals surface area contributed by atoms with E-state index in [0.717, 1.165) is 63.7 Å². The van der Waals surface area contributed by atoms with E-state index in [-0.39, 0.29) is 31.1 Å². The van der Waals surface area contributed by atoms with Gasteiger partial charge in [0.25, 0.3) is 0 Å². The van der Waals surface area contributed by atoms with E-state index in [2.05, 4.69) is 27.7 Å². The Balaban J connectivity index is 4.22. The van der Waals surface area contributed by atoms with Crippen molar-refractivity contribution in [3.8, 4) is 0 Å². The van der Waals surface area contributed by atoms with Gasteiger partial charge in [-0.3, -0.25) is 14.4 Å². The average Bonchev–Trinajstić information content (AvgIpc) is 3.29. The van der Waals surface area contributed by atoms with Gasteiger partial charge in [0.2, 0.25) is 0 Å². The molecule has 6 heteroatoms. The van der Waals surface area contributed by atoms with Gasteiger partial charge in [0.05, 0.1) is 0 Å². The Bertz CT molecular complexity index is 980. The monoisotopic (exact) mass is 919 g/mol. The summed E-state index contributed by atoms with van der Waals surface area (Å²) in [5, 5.41) is 0. The summed E-state index contributed by atoms with van der Waals surface area (Å²) in [5.74, 6) is 0.0167. The molecule has 0 aliphatic carbocycles. The number of esters is 3. The molecule has 0 unspecified atom stereocenters. The molecule has 0 saturated carbocycles. The Hall–Kier alpha value is -1.59. The van der Waals surface area contributed by atoms with Crippen LogP contribution in [0, 0.1) is 5.92 Å². The maximum atomic E-state index is 12.8. The van der Waals surface area contributed by atoms with Crippen molar-refractivity contribution in [2.24, 2.45) is 5.92 Å². The lowest BCUT2D eigenvalue weighted by molar-refractivity contribution is -0.167. The highest BCUT2D eigenvalue weighted by Crippen LogP contribution is 2.18. The van der Waals surface area contributed by atoms with Crippen LogP contribution in [0.2, 0.25) is 0 Å². The molecule has 1 atom stereocenters. The van der Waals surface area contributed by atoms with Crippen molar-refractivity contribution in [2.45, 2.75) is 342 Å². The minimum absolute atomic E-state index is 0.0618. The van der Waals surface area contributed by atoms with Crippen LogP contribution in [0.3, 0.4) is 0 Å². The van der Waals surface area contributed by atoms with Gasteiger partial charge in [-0.1, -0.05) is 297 Å². The molecule has 0 rings (SSSR count). The third kappa shape index (κ3) is 53.2. The van der Waals surface area contributed by atoms with Gasteiger partial charge in [-0.05, 0) is 25.2 Å². The largest absolute Gasteiger partial charge is 0.462 e. The average molecular weight is 920 g/mol.